The molecule has 0 radical (unpaired) electrons. The van der Waals surface area contributed by atoms with Gasteiger partial charge in [0.05, 0.1) is 12.7 Å². The van der Waals surface area contributed by atoms with Gasteiger partial charge in [-0.3, -0.25) is 4.79 Å². The van der Waals surface area contributed by atoms with Crippen LogP contribution in [0.2, 0.25) is 0 Å². The molecule has 0 aromatic carbocycles. The molecule has 1 rings (SSSR count). The fraction of sp³-hybridized carbons (Fsp3) is 0.769. The fourth-order valence-electron chi connectivity index (χ4n) is 1.89. The van der Waals surface area contributed by atoms with Crippen LogP contribution in [0.15, 0.2) is 11.6 Å². The summed E-state index contributed by atoms with van der Waals surface area (Å²) in [6, 6.07) is 0. The predicted molar refractivity (Wildman–Crippen MR) is 68.9 cm³/mol. The highest BCUT2D eigenvalue weighted by Gasteiger charge is 2.12. The van der Waals surface area contributed by atoms with Crippen LogP contribution in [0.4, 0.5) is 0 Å². The van der Waals surface area contributed by atoms with E-state index in [1.807, 2.05) is 19.9 Å². The van der Waals surface area contributed by atoms with Gasteiger partial charge in [0.15, 0.2) is 0 Å². The Bertz CT molecular complexity index is 258. The minimum absolute atomic E-state index is 0.0146. The molecule has 0 aromatic heterocycles. The molecule has 0 spiro atoms. The summed E-state index contributed by atoms with van der Waals surface area (Å²) in [5.74, 6) is 0.0146. The highest BCUT2D eigenvalue weighted by molar-refractivity contribution is 5.92. The maximum absolute atomic E-state index is 11.5. The smallest absolute Gasteiger partial charge is 0.246 e. The number of carbonyl (C=O) groups is 1. The molecule has 0 bridgehead atoms. The Hall–Kier alpha value is -0.870. The van der Waals surface area contributed by atoms with Gasteiger partial charge in [-0.05, 0) is 39.3 Å². The van der Waals surface area contributed by atoms with E-state index in [-0.39, 0.29) is 5.91 Å². The standard InChI is InChI=1S/C13H24N2O2/c1-3-4-11(2)13(16)15-9-10-17-12-5-7-14-8-6-12/h4,12,14H,3,5-10H2,1-2H3,(H,15,16). The summed E-state index contributed by atoms with van der Waals surface area (Å²) >= 11 is 0. The summed E-state index contributed by atoms with van der Waals surface area (Å²) in [6.07, 6.45) is 5.33. The van der Waals surface area contributed by atoms with Crippen molar-refractivity contribution in [2.24, 2.45) is 0 Å². The van der Waals surface area contributed by atoms with Gasteiger partial charge in [-0.2, -0.15) is 0 Å². The SMILES string of the molecule is CCC=C(C)C(=O)NCCOC1CCNCC1. The van der Waals surface area contributed by atoms with Crippen molar-refractivity contribution < 1.29 is 9.53 Å². The van der Waals surface area contributed by atoms with Crippen molar-refractivity contribution in [3.05, 3.63) is 11.6 Å². The number of hydrogen-bond acceptors (Lipinski definition) is 3. The summed E-state index contributed by atoms with van der Waals surface area (Å²) in [5.41, 5.74) is 0.786. The molecule has 4 nitrogen and oxygen atoms in total. The van der Waals surface area contributed by atoms with Crippen LogP contribution in [-0.2, 0) is 9.53 Å². The maximum Gasteiger partial charge on any atom is 0.246 e. The summed E-state index contributed by atoms with van der Waals surface area (Å²) in [6.45, 7) is 7.14. The first-order chi connectivity index (χ1) is 8.24. The Balaban J connectivity index is 2.07. The molecule has 1 amide bonds. The lowest BCUT2D eigenvalue weighted by atomic mass is 10.1. The molecule has 1 saturated heterocycles. The molecule has 0 aromatic rings. The molecule has 0 aliphatic carbocycles. The summed E-state index contributed by atoms with van der Waals surface area (Å²) in [5, 5.41) is 6.15. The molecule has 0 saturated carbocycles. The van der Waals surface area contributed by atoms with Crippen molar-refractivity contribution in [1.82, 2.24) is 10.6 Å². The van der Waals surface area contributed by atoms with Gasteiger partial charge in [0.1, 0.15) is 0 Å². The number of rotatable bonds is 6. The molecular formula is C13H24N2O2. The van der Waals surface area contributed by atoms with Crippen LogP contribution < -0.4 is 10.6 Å². The molecule has 4 heteroatoms. The lowest BCUT2D eigenvalue weighted by Gasteiger charge is -2.22. The second-order valence-corrected chi connectivity index (χ2v) is 4.37. The average Bonchev–Trinajstić information content (AvgIpc) is 2.36. The van der Waals surface area contributed by atoms with Gasteiger partial charge in [0, 0.05) is 12.1 Å². The van der Waals surface area contributed by atoms with Crippen molar-refractivity contribution in [3.63, 3.8) is 0 Å². The number of ether oxygens (including phenoxy) is 1. The zero-order chi connectivity index (χ0) is 12.5. The van der Waals surface area contributed by atoms with E-state index in [4.69, 9.17) is 4.74 Å². The number of allylic oxidation sites excluding steroid dienone is 1. The molecule has 2 N–H and O–H groups in total. The van der Waals surface area contributed by atoms with Crippen molar-refractivity contribution in [1.29, 1.82) is 0 Å². The van der Waals surface area contributed by atoms with Crippen molar-refractivity contribution in [3.8, 4) is 0 Å². The van der Waals surface area contributed by atoms with Crippen LogP contribution in [0.5, 0.6) is 0 Å². The largest absolute Gasteiger partial charge is 0.376 e. The van der Waals surface area contributed by atoms with E-state index < -0.39 is 0 Å². The number of hydrogen-bond donors (Lipinski definition) is 2. The minimum atomic E-state index is 0.0146. The Morgan fingerprint density at radius 1 is 1.47 bits per heavy atom. The van der Waals surface area contributed by atoms with E-state index in [0.29, 0.717) is 19.3 Å². The molecule has 17 heavy (non-hydrogen) atoms. The monoisotopic (exact) mass is 240 g/mol. The number of amides is 1. The van der Waals surface area contributed by atoms with Gasteiger partial charge in [-0.15, -0.1) is 0 Å². The second kappa shape index (κ2) is 8.25. The van der Waals surface area contributed by atoms with Crippen LogP contribution in [-0.4, -0.2) is 38.3 Å². The molecule has 1 fully saturated rings. The predicted octanol–water partition coefficient (Wildman–Crippen LogP) is 1.23. The summed E-state index contributed by atoms with van der Waals surface area (Å²) in [7, 11) is 0. The van der Waals surface area contributed by atoms with Crippen molar-refractivity contribution in [2.75, 3.05) is 26.2 Å². The van der Waals surface area contributed by atoms with Gasteiger partial charge in [0.2, 0.25) is 5.91 Å². The molecule has 1 heterocycles. The molecule has 0 atom stereocenters. The highest BCUT2D eigenvalue weighted by Crippen LogP contribution is 2.06. The molecular weight excluding hydrogens is 216 g/mol. The third kappa shape index (κ3) is 5.84. The molecule has 1 aliphatic rings. The van der Waals surface area contributed by atoms with Crippen molar-refractivity contribution >= 4 is 5.91 Å². The Morgan fingerprint density at radius 2 is 2.18 bits per heavy atom. The van der Waals surface area contributed by atoms with Gasteiger partial charge < -0.3 is 15.4 Å². The van der Waals surface area contributed by atoms with Gasteiger partial charge in [-0.25, -0.2) is 0 Å². The normalized spacial score (nSPS) is 18.1. The minimum Gasteiger partial charge on any atom is -0.376 e. The van der Waals surface area contributed by atoms with Gasteiger partial charge >= 0.3 is 0 Å². The number of nitrogens with one attached hydrogen (secondary N) is 2. The maximum atomic E-state index is 11.5. The molecule has 98 valence electrons. The topological polar surface area (TPSA) is 50.4 Å². The highest BCUT2D eigenvalue weighted by atomic mass is 16.5. The number of piperidine rings is 1. The quantitative estimate of drug-likeness (QED) is 0.542. The zero-order valence-electron chi connectivity index (χ0n) is 10.9. The van der Waals surface area contributed by atoms with Crippen molar-refractivity contribution in [2.45, 2.75) is 39.2 Å². The van der Waals surface area contributed by atoms with Crippen LogP contribution in [0, 0.1) is 0 Å². The lowest BCUT2D eigenvalue weighted by Crippen LogP contribution is -2.35. The first-order valence-corrected chi connectivity index (χ1v) is 6.51. The number of carbonyl (C=O) groups excluding carboxylic acids is 1. The second-order valence-electron chi connectivity index (χ2n) is 4.37. The summed E-state index contributed by atoms with van der Waals surface area (Å²) < 4.78 is 5.70. The van der Waals surface area contributed by atoms with Gasteiger partial charge in [0.25, 0.3) is 0 Å². The van der Waals surface area contributed by atoms with Crippen LogP contribution in [0.3, 0.4) is 0 Å². The van der Waals surface area contributed by atoms with Crippen LogP contribution in [0.1, 0.15) is 33.1 Å². The van der Waals surface area contributed by atoms with E-state index in [1.54, 1.807) is 0 Å². The van der Waals surface area contributed by atoms with Crippen LogP contribution >= 0.6 is 0 Å². The molecule has 1 aliphatic heterocycles. The first-order valence-electron chi connectivity index (χ1n) is 6.51. The van der Waals surface area contributed by atoms with E-state index in [2.05, 4.69) is 10.6 Å². The average molecular weight is 240 g/mol. The van der Waals surface area contributed by atoms with E-state index >= 15 is 0 Å². The Morgan fingerprint density at radius 3 is 2.82 bits per heavy atom. The Labute approximate surface area is 104 Å². The Kier molecular flexibility index (Phi) is 6.89. The van der Waals surface area contributed by atoms with E-state index in [1.165, 1.54) is 0 Å². The van der Waals surface area contributed by atoms with E-state index in [9.17, 15) is 4.79 Å². The first kappa shape index (κ1) is 14.2. The van der Waals surface area contributed by atoms with Gasteiger partial charge in [-0.1, -0.05) is 13.0 Å². The van der Waals surface area contributed by atoms with Crippen LogP contribution in [0.25, 0.3) is 0 Å². The zero-order valence-corrected chi connectivity index (χ0v) is 10.9. The lowest BCUT2D eigenvalue weighted by molar-refractivity contribution is -0.117. The summed E-state index contributed by atoms with van der Waals surface area (Å²) in [4.78, 5) is 11.5. The van der Waals surface area contributed by atoms with E-state index in [0.717, 1.165) is 37.9 Å². The molecule has 0 unspecified atom stereocenters. The fourth-order valence-corrected chi connectivity index (χ4v) is 1.89. The third-order valence-electron chi connectivity index (χ3n) is 2.90. The third-order valence-corrected chi connectivity index (χ3v) is 2.90.